The van der Waals surface area contributed by atoms with Crippen molar-refractivity contribution >= 4 is 0 Å². The highest BCUT2D eigenvalue weighted by molar-refractivity contribution is 5.66. The quantitative estimate of drug-likeness (QED) is 0.461. The SMILES string of the molecule is CC(C)(C)c1cc(CCc2c(C#N)c(C(C)(C)C)c(O)c(C(C)(C)C)c2C#N)cc(C(C)(C)C)c1O. The average molecular weight is 489 g/mol. The van der Waals surface area contributed by atoms with E-state index in [-0.39, 0.29) is 16.6 Å². The molecule has 0 unspecified atom stereocenters. The maximum absolute atomic E-state index is 11.3. The lowest BCUT2D eigenvalue weighted by Gasteiger charge is -2.31. The fourth-order valence-corrected chi connectivity index (χ4v) is 5.00. The Balaban J connectivity index is 2.84. The van der Waals surface area contributed by atoms with Crippen molar-refractivity contribution in [3.8, 4) is 23.6 Å². The van der Waals surface area contributed by atoms with Gasteiger partial charge in [-0.3, -0.25) is 0 Å². The Hall–Kier alpha value is -2.98. The third-order valence-electron chi connectivity index (χ3n) is 6.75. The van der Waals surface area contributed by atoms with Gasteiger partial charge in [0.2, 0.25) is 0 Å². The maximum atomic E-state index is 11.3. The largest absolute Gasteiger partial charge is 0.507 e. The zero-order valence-electron chi connectivity index (χ0n) is 24.4. The number of nitrogens with zero attached hydrogens (tertiary/aromatic N) is 2. The standard InChI is InChI=1S/C32H44N2O2/c1-29(2,3)23-15-19(16-24(27(23)35)30(4,5)6)13-14-20-21(17-33)25(31(7,8)9)28(36)26(22(20)18-34)32(10,11)12/h15-16,35-36H,13-14H2,1-12H3. The lowest BCUT2D eigenvalue weighted by atomic mass is 9.72. The topological polar surface area (TPSA) is 88.0 Å². The van der Waals surface area contributed by atoms with Crippen molar-refractivity contribution in [2.45, 2.75) is 118 Å². The highest BCUT2D eigenvalue weighted by Gasteiger charge is 2.34. The highest BCUT2D eigenvalue weighted by Crippen LogP contribution is 2.45. The van der Waals surface area contributed by atoms with Gasteiger partial charge in [-0.05, 0) is 56.8 Å². The van der Waals surface area contributed by atoms with Crippen LogP contribution in [0.5, 0.6) is 11.5 Å². The summed E-state index contributed by atoms with van der Waals surface area (Å²) in [4.78, 5) is 0. The Morgan fingerprint density at radius 2 is 0.944 bits per heavy atom. The van der Waals surface area contributed by atoms with Gasteiger partial charge < -0.3 is 10.2 Å². The predicted molar refractivity (Wildman–Crippen MR) is 148 cm³/mol. The first kappa shape index (κ1) is 29.3. The summed E-state index contributed by atoms with van der Waals surface area (Å²) < 4.78 is 0. The fraction of sp³-hybridized carbons (Fsp3) is 0.562. The van der Waals surface area contributed by atoms with E-state index < -0.39 is 10.8 Å². The molecule has 0 heterocycles. The van der Waals surface area contributed by atoms with E-state index in [4.69, 9.17) is 0 Å². The molecule has 0 aliphatic rings. The Bertz CT molecular complexity index is 1150. The van der Waals surface area contributed by atoms with E-state index in [1.165, 1.54) is 0 Å². The highest BCUT2D eigenvalue weighted by atomic mass is 16.3. The number of aromatic hydroxyl groups is 2. The van der Waals surface area contributed by atoms with Crippen molar-refractivity contribution < 1.29 is 10.2 Å². The monoisotopic (exact) mass is 488 g/mol. The van der Waals surface area contributed by atoms with Gasteiger partial charge in [0.15, 0.2) is 0 Å². The summed E-state index contributed by atoms with van der Waals surface area (Å²) in [7, 11) is 0. The number of phenols is 2. The number of rotatable bonds is 3. The van der Waals surface area contributed by atoms with Crippen LogP contribution in [0.15, 0.2) is 12.1 Å². The van der Waals surface area contributed by atoms with Crippen LogP contribution < -0.4 is 0 Å². The molecule has 0 bridgehead atoms. The van der Waals surface area contributed by atoms with Gasteiger partial charge in [0.25, 0.3) is 0 Å². The molecule has 0 saturated carbocycles. The molecule has 2 aromatic rings. The number of hydrogen-bond acceptors (Lipinski definition) is 4. The van der Waals surface area contributed by atoms with Crippen LogP contribution in [0.4, 0.5) is 0 Å². The molecule has 194 valence electrons. The average Bonchev–Trinajstić information content (AvgIpc) is 2.68. The van der Waals surface area contributed by atoms with Crippen LogP contribution >= 0.6 is 0 Å². The summed E-state index contributed by atoms with van der Waals surface area (Å²) in [6.45, 7) is 24.4. The first-order valence-corrected chi connectivity index (χ1v) is 12.8. The molecule has 0 saturated heterocycles. The van der Waals surface area contributed by atoms with Crippen molar-refractivity contribution in [1.29, 1.82) is 10.5 Å². The molecule has 0 fully saturated rings. The zero-order chi connectivity index (χ0) is 28.0. The molecular formula is C32H44N2O2. The van der Waals surface area contributed by atoms with E-state index in [9.17, 15) is 20.7 Å². The van der Waals surface area contributed by atoms with Gasteiger partial charge in [0.05, 0.1) is 23.3 Å². The van der Waals surface area contributed by atoms with Gasteiger partial charge in [0.1, 0.15) is 11.5 Å². The molecule has 36 heavy (non-hydrogen) atoms. The molecule has 4 nitrogen and oxygen atoms in total. The molecule has 2 aromatic carbocycles. The van der Waals surface area contributed by atoms with Gasteiger partial charge >= 0.3 is 0 Å². The first-order chi connectivity index (χ1) is 16.2. The molecule has 4 heteroatoms. The van der Waals surface area contributed by atoms with Crippen molar-refractivity contribution in [3.05, 3.63) is 56.6 Å². The summed E-state index contributed by atoms with van der Waals surface area (Å²) in [5.41, 5.74) is 4.08. The number of nitriles is 2. The van der Waals surface area contributed by atoms with Gasteiger partial charge in [-0.1, -0.05) is 95.2 Å². The van der Waals surface area contributed by atoms with Crippen LogP contribution in [0, 0.1) is 22.7 Å². The summed E-state index contributed by atoms with van der Waals surface area (Å²) in [5.74, 6) is 0.394. The maximum Gasteiger partial charge on any atom is 0.125 e. The van der Waals surface area contributed by atoms with Gasteiger partial charge in [-0.2, -0.15) is 10.5 Å². The lowest BCUT2D eigenvalue weighted by Crippen LogP contribution is -2.22. The number of benzene rings is 2. The Morgan fingerprint density at radius 3 is 1.22 bits per heavy atom. The third-order valence-corrected chi connectivity index (χ3v) is 6.75. The number of aryl methyl sites for hydroxylation is 1. The van der Waals surface area contributed by atoms with E-state index in [0.29, 0.717) is 46.4 Å². The number of phenolic OH excluding ortho intramolecular Hbond substituents is 2. The van der Waals surface area contributed by atoms with Gasteiger partial charge in [0, 0.05) is 11.1 Å². The molecule has 2 N–H and O–H groups in total. The Kier molecular flexibility index (Phi) is 7.70. The Labute approximate surface area is 218 Å². The second-order valence-electron chi connectivity index (χ2n) is 14.1. The molecule has 0 atom stereocenters. The minimum absolute atomic E-state index is 0.0570. The van der Waals surface area contributed by atoms with Crippen molar-refractivity contribution in [3.63, 3.8) is 0 Å². The molecule has 0 amide bonds. The van der Waals surface area contributed by atoms with E-state index in [0.717, 1.165) is 16.7 Å². The van der Waals surface area contributed by atoms with E-state index in [2.05, 4.69) is 65.8 Å². The van der Waals surface area contributed by atoms with Crippen molar-refractivity contribution in [2.24, 2.45) is 0 Å². The van der Waals surface area contributed by atoms with Crippen LogP contribution in [0.1, 0.15) is 128 Å². The van der Waals surface area contributed by atoms with Gasteiger partial charge in [-0.25, -0.2) is 0 Å². The molecule has 0 radical (unpaired) electrons. The van der Waals surface area contributed by atoms with E-state index in [1.807, 2.05) is 41.5 Å². The van der Waals surface area contributed by atoms with Crippen LogP contribution in [0.2, 0.25) is 0 Å². The van der Waals surface area contributed by atoms with E-state index in [1.54, 1.807) is 0 Å². The van der Waals surface area contributed by atoms with Crippen LogP contribution in [-0.2, 0) is 34.5 Å². The second kappa shape index (κ2) is 9.48. The molecule has 0 aromatic heterocycles. The number of hydrogen-bond donors (Lipinski definition) is 2. The molecule has 0 spiro atoms. The fourth-order valence-electron chi connectivity index (χ4n) is 5.00. The van der Waals surface area contributed by atoms with E-state index >= 15 is 0 Å². The lowest BCUT2D eigenvalue weighted by molar-refractivity contribution is 0.420. The van der Waals surface area contributed by atoms with Crippen LogP contribution in [0.25, 0.3) is 0 Å². The minimum Gasteiger partial charge on any atom is -0.507 e. The predicted octanol–water partition coefficient (Wildman–Crippen LogP) is 7.82. The molecule has 2 rings (SSSR count). The Morgan fingerprint density at radius 1 is 0.583 bits per heavy atom. The molecular weight excluding hydrogens is 444 g/mol. The normalized spacial score (nSPS) is 12.8. The summed E-state index contributed by atoms with van der Waals surface area (Å²) in [6, 6.07) is 8.77. The summed E-state index contributed by atoms with van der Waals surface area (Å²) >= 11 is 0. The third kappa shape index (κ3) is 5.70. The molecule has 0 aliphatic carbocycles. The van der Waals surface area contributed by atoms with Crippen molar-refractivity contribution in [2.75, 3.05) is 0 Å². The van der Waals surface area contributed by atoms with Crippen molar-refractivity contribution in [1.82, 2.24) is 0 Å². The summed E-state index contributed by atoms with van der Waals surface area (Å²) in [5, 5.41) is 42.9. The van der Waals surface area contributed by atoms with Crippen LogP contribution in [-0.4, -0.2) is 10.2 Å². The first-order valence-electron chi connectivity index (χ1n) is 12.8. The smallest absolute Gasteiger partial charge is 0.125 e. The van der Waals surface area contributed by atoms with Crippen LogP contribution in [0.3, 0.4) is 0 Å². The minimum atomic E-state index is -0.477. The zero-order valence-corrected chi connectivity index (χ0v) is 24.4. The second-order valence-corrected chi connectivity index (χ2v) is 14.1. The van der Waals surface area contributed by atoms with Gasteiger partial charge in [-0.15, -0.1) is 0 Å². The summed E-state index contributed by atoms with van der Waals surface area (Å²) in [6.07, 6.45) is 1.09. The molecule has 0 aliphatic heterocycles.